The first kappa shape index (κ1) is 21.5. The molecule has 2 aromatic heterocycles. The topological polar surface area (TPSA) is 65.7 Å². The third-order valence-corrected chi connectivity index (χ3v) is 4.51. The molecule has 0 aromatic carbocycles. The number of halogens is 1. The van der Waals surface area contributed by atoms with Gasteiger partial charge in [-0.05, 0) is 43.5 Å². The maximum absolute atomic E-state index is 5.34. The van der Waals surface area contributed by atoms with Crippen molar-refractivity contribution >= 4 is 35.8 Å². The molecule has 0 saturated carbocycles. The van der Waals surface area contributed by atoms with E-state index in [4.69, 9.17) is 4.42 Å². The minimum atomic E-state index is 0. The summed E-state index contributed by atoms with van der Waals surface area (Å²) in [4.78, 5) is 11.7. The Labute approximate surface area is 178 Å². The molecule has 0 aliphatic carbocycles. The highest BCUT2D eigenvalue weighted by molar-refractivity contribution is 14.0. The van der Waals surface area contributed by atoms with Crippen LogP contribution in [0.5, 0.6) is 0 Å². The molecule has 27 heavy (non-hydrogen) atoms. The maximum Gasteiger partial charge on any atom is 0.191 e. The van der Waals surface area contributed by atoms with E-state index in [9.17, 15) is 0 Å². The summed E-state index contributed by atoms with van der Waals surface area (Å²) in [5.41, 5.74) is 1.11. The van der Waals surface area contributed by atoms with Gasteiger partial charge in [-0.15, -0.1) is 24.0 Å². The summed E-state index contributed by atoms with van der Waals surface area (Å²) in [7, 11) is 0. The lowest BCUT2D eigenvalue weighted by Crippen LogP contribution is -2.36. The predicted octanol–water partition coefficient (Wildman–Crippen LogP) is 3.93. The Morgan fingerprint density at radius 1 is 1.15 bits per heavy atom. The summed E-state index contributed by atoms with van der Waals surface area (Å²) in [6, 6.07) is 8.09. The van der Waals surface area contributed by atoms with Crippen LogP contribution < -0.4 is 15.5 Å². The summed E-state index contributed by atoms with van der Waals surface area (Å²) >= 11 is 0. The number of nitrogens with one attached hydrogen (secondary N) is 2. The molecule has 3 heterocycles. The standard InChI is InChI=1S/C20H29N5O.HI/c1-2-21-20(24-16-18-8-7-13-26-18)23-15-17-9-10-19(22-14-17)25-11-5-3-4-6-12-25;/h7-10,13-14H,2-6,11-12,15-16H2,1H3,(H2,21,23,24);1H. The van der Waals surface area contributed by atoms with Crippen molar-refractivity contribution in [3.05, 3.63) is 48.0 Å². The third-order valence-electron chi connectivity index (χ3n) is 4.51. The zero-order chi connectivity index (χ0) is 18.0. The van der Waals surface area contributed by atoms with Crippen molar-refractivity contribution in [3.8, 4) is 0 Å². The van der Waals surface area contributed by atoms with E-state index in [-0.39, 0.29) is 24.0 Å². The van der Waals surface area contributed by atoms with Gasteiger partial charge >= 0.3 is 0 Å². The average molecular weight is 483 g/mol. The third kappa shape index (κ3) is 7.04. The fourth-order valence-corrected chi connectivity index (χ4v) is 3.09. The van der Waals surface area contributed by atoms with Crippen LogP contribution in [0.2, 0.25) is 0 Å². The van der Waals surface area contributed by atoms with Crippen molar-refractivity contribution in [2.24, 2.45) is 4.99 Å². The van der Waals surface area contributed by atoms with E-state index in [0.717, 1.165) is 42.7 Å². The zero-order valence-electron chi connectivity index (χ0n) is 16.0. The molecule has 7 heteroatoms. The van der Waals surface area contributed by atoms with E-state index in [0.29, 0.717) is 13.1 Å². The van der Waals surface area contributed by atoms with E-state index in [1.165, 1.54) is 25.7 Å². The number of guanidine groups is 1. The van der Waals surface area contributed by atoms with E-state index in [1.54, 1.807) is 6.26 Å². The summed E-state index contributed by atoms with van der Waals surface area (Å²) in [5, 5.41) is 6.53. The Bertz CT molecular complexity index is 664. The molecule has 0 radical (unpaired) electrons. The lowest BCUT2D eigenvalue weighted by molar-refractivity contribution is 0.501. The number of nitrogens with zero attached hydrogens (tertiary/aromatic N) is 3. The average Bonchev–Trinajstić information content (AvgIpc) is 3.05. The lowest BCUT2D eigenvalue weighted by atomic mass is 10.2. The van der Waals surface area contributed by atoms with Gasteiger partial charge in [-0.25, -0.2) is 9.98 Å². The van der Waals surface area contributed by atoms with Gasteiger partial charge in [0, 0.05) is 25.8 Å². The summed E-state index contributed by atoms with van der Waals surface area (Å²) in [5.74, 6) is 2.75. The number of aliphatic imine (C=N–C) groups is 1. The van der Waals surface area contributed by atoms with Crippen molar-refractivity contribution in [2.45, 2.75) is 45.7 Å². The summed E-state index contributed by atoms with van der Waals surface area (Å²) in [6.45, 7) is 6.32. The first-order valence-electron chi connectivity index (χ1n) is 9.59. The van der Waals surface area contributed by atoms with Crippen LogP contribution in [-0.2, 0) is 13.1 Å². The van der Waals surface area contributed by atoms with Crippen LogP contribution in [-0.4, -0.2) is 30.6 Å². The minimum absolute atomic E-state index is 0. The second kappa shape index (κ2) is 11.8. The summed E-state index contributed by atoms with van der Waals surface area (Å²) in [6.07, 6.45) is 8.82. The molecular formula is C20H30IN5O. The molecule has 2 N–H and O–H groups in total. The molecule has 3 rings (SSSR count). The predicted molar refractivity (Wildman–Crippen MR) is 121 cm³/mol. The maximum atomic E-state index is 5.34. The molecule has 2 aromatic rings. The minimum Gasteiger partial charge on any atom is -0.467 e. The quantitative estimate of drug-likeness (QED) is 0.371. The molecule has 1 saturated heterocycles. The van der Waals surface area contributed by atoms with Crippen molar-refractivity contribution in [1.82, 2.24) is 15.6 Å². The molecule has 1 fully saturated rings. The van der Waals surface area contributed by atoms with Crippen molar-refractivity contribution in [1.29, 1.82) is 0 Å². The number of anilines is 1. The molecule has 6 nitrogen and oxygen atoms in total. The van der Waals surface area contributed by atoms with Crippen LogP contribution in [0.1, 0.15) is 43.9 Å². The molecule has 0 amide bonds. The van der Waals surface area contributed by atoms with Gasteiger partial charge in [0.25, 0.3) is 0 Å². The molecule has 1 aliphatic heterocycles. The van der Waals surface area contributed by atoms with Gasteiger partial charge in [-0.2, -0.15) is 0 Å². The zero-order valence-corrected chi connectivity index (χ0v) is 18.3. The van der Waals surface area contributed by atoms with Crippen molar-refractivity contribution in [3.63, 3.8) is 0 Å². The Morgan fingerprint density at radius 3 is 2.59 bits per heavy atom. The molecule has 1 aliphatic rings. The highest BCUT2D eigenvalue weighted by Gasteiger charge is 2.10. The second-order valence-electron chi connectivity index (χ2n) is 6.55. The molecule has 0 unspecified atom stereocenters. The number of hydrogen-bond donors (Lipinski definition) is 2. The van der Waals surface area contributed by atoms with E-state index in [1.807, 2.05) is 18.3 Å². The SMILES string of the molecule is CCNC(=NCc1ccc(N2CCCCCC2)nc1)NCc1ccco1.I. The molecule has 0 atom stereocenters. The van der Waals surface area contributed by atoms with Crippen LogP contribution in [0.25, 0.3) is 0 Å². The Morgan fingerprint density at radius 2 is 1.96 bits per heavy atom. The molecule has 0 bridgehead atoms. The molecule has 148 valence electrons. The number of furan rings is 1. The van der Waals surface area contributed by atoms with E-state index >= 15 is 0 Å². The van der Waals surface area contributed by atoms with E-state index < -0.39 is 0 Å². The fourth-order valence-electron chi connectivity index (χ4n) is 3.09. The fraction of sp³-hybridized carbons (Fsp3) is 0.500. The van der Waals surface area contributed by atoms with Crippen LogP contribution in [0, 0.1) is 0 Å². The van der Waals surface area contributed by atoms with Gasteiger partial charge < -0.3 is 20.0 Å². The molecule has 0 spiro atoms. The number of hydrogen-bond acceptors (Lipinski definition) is 4. The van der Waals surface area contributed by atoms with Gasteiger partial charge in [-0.3, -0.25) is 0 Å². The number of pyridine rings is 1. The Hall–Kier alpha value is -1.77. The van der Waals surface area contributed by atoms with Crippen molar-refractivity contribution < 1.29 is 4.42 Å². The Kier molecular flexibility index (Phi) is 9.44. The lowest BCUT2D eigenvalue weighted by Gasteiger charge is -2.21. The van der Waals surface area contributed by atoms with Crippen molar-refractivity contribution in [2.75, 3.05) is 24.5 Å². The van der Waals surface area contributed by atoms with Crippen LogP contribution in [0.3, 0.4) is 0 Å². The van der Waals surface area contributed by atoms with E-state index in [2.05, 4.69) is 44.6 Å². The van der Waals surface area contributed by atoms with Gasteiger partial charge in [0.15, 0.2) is 5.96 Å². The molecular weight excluding hydrogens is 453 g/mol. The number of aromatic nitrogens is 1. The highest BCUT2D eigenvalue weighted by atomic mass is 127. The first-order valence-corrected chi connectivity index (χ1v) is 9.59. The summed E-state index contributed by atoms with van der Waals surface area (Å²) < 4.78 is 5.34. The first-order chi connectivity index (χ1) is 12.8. The van der Waals surface area contributed by atoms with Gasteiger partial charge in [0.1, 0.15) is 11.6 Å². The monoisotopic (exact) mass is 483 g/mol. The number of rotatable bonds is 6. The Balaban J connectivity index is 0.00000261. The van der Waals surface area contributed by atoms with Crippen LogP contribution in [0.4, 0.5) is 5.82 Å². The van der Waals surface area contributed by atoms with Gasteiger partial charge in [0.05, 0.1) is 19.4 Å². The van der Waals surface area contributed by atoms with Crippen LogP contribution >= 0.6 is 24.0 Å². The largest absolute Gasteiger partial charge is 0.467 e. The van der Waals surface area contributed by atoms with Crippen LogP contribution in [0.15, 0.2) is 46.1 Å². The second-order valence-corrected chi connectivity index (χ2v) is 6.55. The smallest absolute Gasteiger partial charge is 0.191 e. The highest BCUT2D eigenvalue weighted by Crippen LogP contribution is 2.17. The van der Waals surface area contributed by atoms with Gasteiger partial charge in [-0.1, -0.05) is 18.9 Å². The normalized spacial score (nSPS) is 15.0. The van der Waals surface area contributed by atoms with Gasteiger partial charge in [0.2, 0.25) is 0 Å².